The largest absolute Gasteiger partial charge is 0.481 e. The average molecular weight is 529 g/mol. The van der Waals surface area contributed by atoms with Crippen molar-refractivity contribution in [3.8, 4) is 0 Å². The van der Waals surface area contributed by atoms with Crippen molar-refractivity contribution in [2.24, 2.45) is 23.1 Å². The lowest BCUT2D eigenvalue weighted by atomic mass is 9.83. The first-order valence-corrected chi connectivity index (χ1v) is 12.4. The third-order valence-corrected chi connectivity index (χ3v) is 5.77. The molecule has 1 aliphatic heterocycles. The van der Waals surface area contributed by atoms with E-state index in [2.05, 4.69) is 16.0 Å². The molecule has 3 amide bonds. The molecule has 0 spiro atoms. The molecule has 0 radical (unpaired) electrons. The Morgan fingerprint density at radius 1 is 1.14 bits per heavy atom. The number of guanidine groups is 1. The summed E-state index contributed by atoms with van der Waals surface area (Å²) < 4.78 is 0. The number of primary amides is 1. The molecule has 1 saturated heterocycles. The Balaban J connectivity index is 0.00000300. The fraction of sp³-hybridized carbons (Fsp3) is 0.739. The molecular weight excluding hydrogens is 484 g/mol. The van der Waals surface area contributed by atoms with Gasteiger partial charge in [0, 0.05) is 13.5 Å². The van der Waals surface area contributed by atoms with Gasteiger partial charge in [-0.3, -0.25) is 34.3 Å². The van der Waals surface area contributed by atoms with Crippen LogP contribution in [0, 0.1) is 11.3 Å². The summed E-state index contributed by atoms with van der Waals surface area (Å²) in [6.07, 6.45) is 1.97. The summed E-state index contributed by atoms with van der Waals surface area (Å²) in [4.78, 5) is 61.8. The number of ketones is 1. The van der Waals surface area contributed by atoms with Gasteiger partial charge in [0.15, 0.2) is 17.3 Å². The van der Waals surface area contributed by atoms with E-state index in [0.29, 0.717) is 38.9 Å². The summed E-state index contributed by atoms with van der Waals surface area (Å²) in [6, 6.07) is -1.77. The summed E-state index contributed by atoms with van der Waals surface area (Å²) in [5.74, 6) is -3.07. The summed E-state index contributed by atoms with van der Waals surface area (Å²) in [5, 5.41) is 22.6. The number of likely N-dealkylation sites (tertiary alicyclic amines) is 1. The lowest BCUT2D eigenvalue weighted by molar-refractivity contribution is -0.146. The Morgan fingerprint density at radius 3 is 2.22 bits per heavy atom. The zero-order valence-electron chi connectivity index (χ0n) is 22.3. The maximum atomic E-state index is 13.9. The molecule has 0 aliphatic carbocycles. The summed E-state index contributed by atoms with van der Waals surface area (Å²) in [7, 11) is 0. The number of amides is 3. The summed E-state index contributed by atoms with van der Waals surface area (Å²) in [5.41, 5.74) is 15.0. The molecule has 1 aliphatic rings. The van der Waals surface area contributed by atoms with E-state index in [9.17, 15) is 19.2 Å². The second-order valence-corrected chi connectivity index (χ2v) is 9.36. The number of carboxylic acids is 1. The molecule has 0 bridgehead atoms. The van der Waals surface area contributed by atoms with Gasteiger partial charge in [-0.15, -0.1) is 0 Å². The van der Waals surface area contributed by atoms with Crippen LogP contribution < -0.4 is 33.2 Å². The first-order valence-electron chi connectivity index (χ1n) is 12.4. The van der Waals surface area contributed by atoms with Crippen molar-refractivity contribution in [1.82, 2.24) is 20.9 Å². The molecule has 11 N–H and O–H groups in total. The van der Waals surface area contributed by atoms with E-state index in [-0.39, 0.29) is 31.3 Å². The van der Waals surface area contributed by atoms with E-state index < -0.39 is 47.1 Å². The number of carboxylic acid groups (broad SMARTS) is 1. The number of hydrogen-bond acceptors (Lipinski definition) is 8. The highest BCUT2D eigenvalue weighted by Gasteiger charge is 2.54. The monoisotopic (exact) mass is 528 g/mol. The Hall–Kier alpha value is -3.26. The van der Waals surface area contributed by atoms with E-state index in [1.807, 2.05) is 20.8 Å². The highest BCUT2D eigenvalue weighted by atomic mass is 16.4. The second kappa shape index (κ2) is 16.5. The van der Waals surface area contributed by atoms with Crippen LogP contribution in [-0.4, -0.2) is 89.2 Å². The van der Waals surface area contributed by atoms with Crippen molar-refractivity contribution in [2.45, 2.75) is 77.4 Å². The zero-order chi connectivity index (χ0) is 28.8. The Bertz CT molecular complexity index is 817. The first kappa shape index (κ1) is 33.7. The van der Waals surface area contributed by atoms with Gasteiger partial charge in [-0.25, -0.2) is 0 Å². The van der Waals surface area contributed by atoms with E-state index in [0.717, 1.165) is 6.92 Å². The molecule has 14 nitrogen and oxygen atoms in total. The molecule has 1 fully saturated rings. The number of nitrogens with zero attached hydrogens (tertiary/aromatic N) is 1. The third-order valence-electron chi connectivity index (χ3n) is 5.77. The van der Waals surface area contributed by atoms with E-state index >= 15 is 0 Å². The molecule has 3 atom stereocenters. The van der Waals surface area contributed by atoms with Gasteiger partial charge >= 0.3 is 0 Å². The lowest BCUT2D eigenvalue weighted by Crippen LogP contribution is -2.66. The van der Waals surface area contributed by atoms with Crippen LogP contribution in [0.15, 0.2) is 0 Å². The van der Waals surface area contributed by atoms with Crippen LogP contribution in [0.25, 0.3) is 0 Å². The van der Waals surface area contributed by atoms with Crippen LogP contribution >= 0.6 is 0 Å². The molecule has 1 unspecified atom stereocenters. The van der Waals surface area contributed by atoms with Crippen LogP contribution in [0.2, 0.25) is 0 Å². The van der Waals surface area contributed by atoms with Crippen molar-refractivity contribution in [2.75, 3.05) is 26.2 Å². The maximum Gasteiger partial charge on any atom is 0.300 e. The molecular formula is C23H44N8O6. The number of nitrogens with two attached hydrogens (primary N) is 3. The standard InChI is InChI=1S/C21H40N8O4.C2H4O2/c1-4-29-10-6-8-21(29,19(33)27-12-16(23)30)17(31)15(7-5-9-26-20(24)25)28-18(32)14(22)11-13(2)3;1-2(3)4/h13-15H,4-12,22H2,1-3H3,(H2,23,30)(H,27,33)(H,28,32)(H4,24,25,26);1H3,(H,3,4)/t14?,15-,21+;/m0./s1. The smallest absolute Gasteiger partial charge is 0.300 e. The molecule has 0 aromatic rings. The maximum absolute atomic E-state index is 13.9. The van der Waals surface area contributed by atoms with Crippen LogP contribution in [0.5, 0.6) is 0 Å². The number of hydrogen-bond donors (Lipinski definition) is 8. The minimum atomic E-state index is -1.52. The van der Waals surface area contributed by atoms with Crippen LogP contribution in [-0.2, 0) is 24.0 Å². The fourth-order valence-electron chi connectivity index (χ4n) is 4.24. The number of nitrogens with one attached hydrogen (secondary N) is 4. The van der Waals surface area contributed by atoms with Gasteiger partial charge in [-0.05, 0) is 51.1 Å². The number of Topliss-reactive ketones (excluding diaryl/α,β-unsaturated/α-hetero) is 1. The van der Waals surface area contributed by atoms with Crippen LogP contribution in [0.3, 0.4) is 0 Å². The molecule has 0 aromatic carbocycles. The number of carbonyl (C=O) groups is 5. The quantitative estimate of drug-likeness (QED) is 0.0545. The SMILES string of the molecule is CC(=O)O.CCN1CCC[C@]1(C(=O)NCC(N)=O)C(=O)[C@H](CCCNC(=N)N)NC(=O)C(N)CC(C)C. The average Bonchev–Trinajstić information content (AvgIpc) is 3.22. The third kappa shape index (κ3) is 11.6. The fourth-order valence-corrected chi connectivity index (χ4v) is 4.24. The van der Waals surface area contributed by atoms with Crippen LogP contribution in [0.1, 0.15) is 59.8 Å². The topological polar surface area (TPSA) is 247 Å². The predicted octanol–water partition coefficient (Wildman–Crippen LogP) is -1.78. The van der Waals surface area contributed by atoms with Crippen molar-refractivity contribution in [3.05, 3.63) is 0 Å². The Kier molecular flexibility index (Phi) is 15.0. The molecule has 0 saturated carbocycles. The number of aliphatic carboxylic acids is 1. The van der Waals surface area contributed by atoms with Gasteiger partial charge in [-0.2, -0.15) is 0 Å². The van der Waals surface area contributed by atoms with Gasteiger partial charge in [0.05, 0.1) is 18.6 Å². The highest BCUT2D eigenvalue weighted by molar-refractivity contribution is 6.14. The lowest BCUT2D eigenvalue weighted by Gasteiger charge is -2.38. The van der Waals surface area contributed by atoms with E-state index in [1.165, 1.54) is 0 Å². The minimum absolute atomic E-state index is 0.191. The molecule has 1 heterocycles. The van der Waals surface area contributed by atoms with Gasteiger partial charge in [-0.1, -0.05) is 20.8 Å². The molecule has 37 heavy (non-hydrogen) atoms. The molecule has 212 valence electrons. The predicted molar refractivity (Wildman–Crippen MR) is 138 cm³/mol. The van der Waals surface area contributed by atoms with Crippen molar-refractivity contribution < 1.29 is 29.1 Å². The summed E-state index contributed by atoms with van der Waals surface area (Å²) in [6.45, 7) is 7.73. The van der Waals surface area contributed by atoms with Crippen LogP contribution in [0.4, 0.5) is 0 Å². The number of rotatable bonds is 14. The zero-order valence-corrected chi connectivity index (χ0v) is 22.3. The second-order valence-electron chi connectivity index (χ2n) is 9.36. The van der Waals surface area contributed by atoms with E-state index in [1.54, 1.807) is 4.90 Å². The summed E-state index contributed by atoms with van der Waals surface area (Å²) >= 11 is 0. The van der Waals surface area contributed by atoms with Gasteiger partial charge in [0.25, 0.3) is 5.97 Å². The Labute approximate surface area is 217 Å². The number of likely N-dealkylation sites (N-methyl/N-ethyl adjacent to an activating group) is 1. The first-order chi connectivity index (χ1) is 17.2. The van der Waals surface area contributed by atoms with Gasteiger partial charge < -0.3 is 38.3 Å². The molecule has 14 heteroatoms. The highest BCUT2D eigenvalue weighted by Crippen LogP contribution is 2.32. The number of carbonyl (C=O) groups excluding carboxylic acids is 4. The van der Waals surface area contributed by atoms with E-state index in [4.69, 9.17) is 32.5 Å². The molecule has 1 rings (SSSR count). The normalized spacial score (nSPS) is 18.6. The van der Waals surface area contributed by atoms with Crippen molar-refractivity contribution in [3.63, 3.8) is 0 Å². The van der Waals surface area contributed by atoms with Crippen molar-refractivity contribution >= 4 is 35.4 Å². The van der Waals surface area contributed by atoms with Gasteiger partial charge in [0.1, 0.15) is 0 Å². The van der Waals surface area contributed by atoms with Crippen molar-refractivity contribution in [1.29, 1.82) is 5.41 Å². The van der Waals surface area contributed by atoms with Gasteiger partial charge in [0.2, 0.25) is 17.7 Å². The minimum Gasteiger partial charge on any atom is -0.481 e. The Morgan fingerprint density at radius 2 is 1.73 bits per heavy atom. The molecule has 0 aromatic heterocycles.